The molecule has 0 radical (unpaired) electrons. The van der Waals surface area contributed by atoms with E-state index < -0.39 is 6.04 Å². The van der Waals surface area contributed by atoms with E-state index in [0.717, 1.165) is 11.3 Å². The zero-order valence-electron chi connectivity index (χ0n) is 18.3. The minimum absolute atomic E-state index is 0.0624. The maximum Gasteiger partial charge on any atom is 0.259 e. The smallest absolute Gasteiger partial charge is 0.259 e. The lowest BCUT2D eigenvalue weighted by Gasteiger charge is -2.25. The Morgan fingerprint density at radius 1 is 1.16 bits per heavy atom. The van der Waals surface area contributed by atoms with E-state index in [-0.39, 0.29) is 23.5 Å². The number of aliphatic imine (C=N–C) groups is 2. The normalized spacial score (nSPS) is 16.8. The van der Waals surface area contributed by atoms with Gasteiger partial charge in [0.15, 0.2) is 16.7 Å². The van der Waals surface area contributed by atoms with Crippen LogP contribution in [0.15, 0.2) is 52.4 Å². The number of carbonyl (C=O) groups excluding carboxylic acids is 2. The molecule has 4 rings (SSSR count). The second-order valence-electron chi connectivity index (χ2n) is 7.63. The first-order valence-corrected chi connectivity index (χ1v) is 11.2. The average molecular weight is 453 g/mol. The molecule has 2 aliphatic rings. The fourth-order valence-corrected chi connectivity index (χ4v) is 4.34. The van der Waals surface area contributed by atoms with Crippen LogP contribution in [0.3, 0.4) is 0 Å². The van der Waals surface area contributed by atoms with Crippen LogP contribution < -0.4 is 14.8 Å². The molecule has 32 heavy (non-hydrogen) atoms. The van der Waals surface area contributed by atoms with Crippen molar-refractivity contribution in [1.29, 1.82) is 0 Å². The Kier molecular flexibility index (Phi) is 6.18. The molecular weight excluding hydrogens is 428 g/mol. The Balaban J connectivity index is 1.52. The summed E-state index contributed by atoms with van der Waals surface area (Å²) in [4.78, 5) is 36.5. The quantitative estimate of drug-likeness (QED) is 0.722. The van der Waals surface area contributed by atoms with Gasteiger partial charge in [-0.1, -0.05) is 37.7 Å². The summed E-state index contributed by atoms with van der Waals surface area (Å²) >= 11 is 1.21. The van der Waals surface area contributed by atoms with Crippen molar-refractivity contribution < 1.29 is 19.1 Å². The lowest BCUT2D eigenvalue weighted by molar-refractivity contribution is -0.125. The van der Waals surface area contributed by atoms with Gasteiger partial charge in [-0.15, -0.1) is 0 Å². The van der Waals surface area contributed by atoms with Gasteiger partial charge in [0.05, 0.1) is 25.7 Å². The lowest BCUT2D eigenvalue weighted by atomic mass is 10.1. The molecule has 0 unspecified atom stereocenters. The number of hydrogen-bond donors (Lipinski definition) is 1. The highest BCUT2D eigenvalue weighted by Crippen LogP contribution is 2.35. The van der Waals surface area contributed by atoms with Gasteiger partial charge >= 0.3 is 0 Å². The molecule has 2 aromatic carbocycles. The number of nitrogens with zero attached hydrogens (tertiary/aromatic N) is 3. The van der Waals surface area contributed by atoms with Gasteiger partial charge in [0.1, 0.15) is 11.9 Å². The van der Waals surface area contributed by atoms with Crippen LogP contribution in [0.4, 0.5) is 11.4 Å². The molecule has 1 atom stereocenters. The molecule has 8 nitrogen and oxygen atoms in total. The third kappa shape index (κ3) is 4.08. The first kappa shape index (κ1) is 21.9. The number of para-hydroxylation sites is 1. The third-order valence-corrected chi connectivity index (χ3v) is 6.07. The van der Waals surface area contributed by atoms with Gasteiger partial charge in [-0.25, -0.2) is 9.89 Å². The number of methoxy groups -OCH3 is 2. The summed E-state index contributed by atoms with van der Waals surface area (Å²) in [5, 5.41) is 3.30. The van der Waals surface area contributed by atoms with Crippen LogP contribution in [-0.2, 0) is 9.59 Å². The van der Waals surface area contributed by atoms with Gasteiger partial charge in [0.25, 0.3) is 5.91 Å². The van der Waals surface area contributed by atoms with Gasteiger partial charge < -0.3 is 14.8 Å². The second-order valence-corrected chi connectivity index (χ2v) is 8.58. The third-order valence-electron chi connectivity index (χ3n) is 5.13. The SMILES string of the molecule is COc1ccc(NC(=O)CSC2=Nc3ccccc3C3=N[C@H](C(C)C)C(=O)N23)cc1OC. The fourth-order valence-electron chi connectivity index (χ4n) is 3.54. The highest BCUT2D eigenvalue weighted by molar-refractivity contribution is 8.14. The highest BCUT2D eigenvalue weighted by atomic mass is 32.2. The van der Waals surface area contributed by atoms with Crippen molar-refractivity contribution in [3.63, 3.8) is 0 Å². The molecule has 2 amide bonds. The van der Waals surface area contributed by atoms with Crippen molar-refractivity contribution >= 4 is 46.0 Å². The summed E-state index contributed by atoms with van der Waals surface area (Å²) in [6.07, 6.45) is 0. The number of hydrogen-bond acceptors (Lipinski definition) is 7. The molecule has 166 valence electrons. The van der Waals surface area contributed by atoms with Crippen LogP contribution >= 0.6 is 11.8 Å². The largest absolute Gasteiger partial charge is 0.493 e. The van der Waals surface area contributed by atoms with Crippen molar-refractivity contribution in [2.45, 2.75) is 19.9 Å². The summed E-state index contributed by atoms with van der Waals surface area (Å²) in [6, 6.07) is 12.3. The molecule has 0 aliphatic carbocycles. The Morgan fingerprint density at radius 2 is 1.91 bits per heavy atom. The molecule has 0 fully saturated rings. The number of fused-ring (bicyclic) bond motifs is 3. The maximum absolute atomic E-state index is 13.1. The number of amides is 2. The van der Waals surface area contributed by atoms with Gasteiger partial charge in [-0.2, -0.15) is 0 Å². The number of thioether (sulfide) groups is 1. The first-order valence-electron chi connectivity index (χ1n) is 10.2. The van der Waals surface area contributed by atoms with Crippen molar-refractivity contribution in [3.05, 3.63) is 48.0 Å². The van der Waals surface area contributed by atoms with Crippen LogP contribution in [0, 0.1) is 5.92 Å². The van der Waals surface area contributed by atoms with E-state index in [1.54, 1.807) is 30.2 Å². The Morgan fingerprint density at radius 3 is 2.62 bits per heavy atom. The highest BCUT2D eigenvalue weighted by Gasteiger charge is 2.42. The van der Waals surface area contributed by atoms with Crippen molar-refractivity contribution in [3.8, 4) is 11.5 Å². The number of benzene rings is 2. The molecule has 2 aromatic rings. The number of nitrogens with one attached hydrogen (secondary N) is 1. The van der Waals surface area contributed by atoms with Gasteiger partial charge in [-0.3, -0.25) is 14.6 Å². The summed E-state index contributed by atoms with van der Waals surface area (Å²) in [5.41, 5.74) is 2.15. The van der Waals surface area contributed by atoms with E-state index in [4.69, 9.17) is 9.47 Å². The molecule has 2 heterocycles. The van der Waals surface area contributed by atoms with E-state index in [9.17, 15) is 9.59 Å². The maximum atomic E-state index is 13.1. The Labute approximate surface area is 190 Å². The lowest BCUT2D eigenvalue weighted by Crippen LogP contribution is -2.42. The van der Waals surface area contributed by atoms with Gasteiger partial charge in [0.2, 0.25) is 5.91 Å². The number of rotatable bonds is 6. The molecular formula is C23H24N4O4S. The molecule has 1 N–H and O–H groups in total. The predicted octanol–water partition coefficient (Wildman–Crippen LogP) is 3.69. The van der Waals surface area contributed by atoms with Crippen LogP contribution in [-0.4, -0.2) is 53.7 Å². The number of anilines is 1. The van der Waals surface area contributed by atoms with E-state index in [2.05, 4.69) is 15.3 Å². The summed E-state index contributed by atoms with van der Waals surface area (Å²) < 4.78 is 10.5. The van der Waals surface area contributed by atoms with Gasteiger partial charge in [0, 0.05) is 17.3 Å². The Bertz CT molecular complexity index is 1130. The zero-order chi connectivity index (χ0) is 22.8. The standard InChI is InChI=1S/C23H24N4O4S/c1-13(2)20-22(29)27-21(26-20)15-7-5-6-8-16(15)25-23(27)32-12-19(28)24-14-9-10-17(30-3)18(11-14)31-4/h5-11,13,20H,12H2,1-4H3,(H,24,28)/t20-/m1/s1. The van der Waals surface area contributed by atoms with Crippen molar-refractivity contribution in [2.24, 2.45) is 15.9 Å². The summed E-state index contributed by atoms with van der Waals surface area (Å²) in [6.45, 7) is 3.94. The van der Waals surface area contributed by atoms with Crippen molar-refractivity contribution in [1.82, 2.24) is 4.90 Å². The molecule has 2 aliphatic heterocycles. The predicted molar refractivity (Wildman–Crippen MR) is 126 cm³/mol. The minimum Gasteiger partial charge on any atom is -0.493 e. The van der Waals surface area contributed by atoms with E-state index >= 15 is 0 Å². The number of ether oxygens (including phenoxy) is 2. The molecule has 0 bridgehead atoms. The van der Waals surface area contributed by atoms with E-state index in [1.807, 2.05) is 38.1 Å². The van der Waals surface area contributed by atoms with Crippen LogP contribution in [0.2, 0.25) is 0 Å². The van der Waals surface area contributed by atoms with Crippen LogP contribution in [0.5, 0.6) is 11.5 Å². The summed E-state index contributed by atoms with van der Waals surface area (Å²) in [5.74, 6) is 1.50. The topological polar surface area (TPSA) is 92.6 Å². The Hall–Kier alpha value is -3.33. The van der Waals surface area contributed by atoms with Gasteiger partial charge in [-0.05, 0) is 30.2 Å². The fraction of sp³-hybridized carbons (Fsp3) is 0.304. The molecule has 9 heteroatoms. The molecule has 0 saturated heterocycles. The number of carbonyl (C=O) groups is 2. The molecule has 0 aromatic heterocycles. The summed E-state index contributed by atoms with van der Waals surface area (Å²) in [7, 11) is 3.09. The van der Waals surface area contributed by atoms with Crippen LogP contribution in [0.1, 0.15) is 19.4 Å². The van der Waals surface area contributed by atoms with E-state index in [1.165, 1.54) is 18.9 Å². The molecule has 0 spiro atoms. The monoisotopic (exact) mass is 452 g/mol. The van der Waals surface area contributed by atoms with E-state index in [0.29, 0.717) is 28.2 Å². The zero-order valence-corrected chi connectivity index (χ0v) is 19.1. The second kappa shape index (κ2) is 9.04. The van der Waals surface area contributed by atoms with Crippen molar-refractivity contribution in [2.75, 3.05) is 25.3 Å². The number of amidine groups is 2. The van der Waals surface area contributed by atoms with Crippen LogP contribution in [0.25, 0.3) is 0 Å². The minimum atomic E-state index is -0.456. The molecule has 0 saturated carbocycles. The average Bonchev–Trinajstić information content (AvgIpc) is 3.15. The first-order chi connectivity index (χ1) is 15.4.